The van der Waals surface area contributed by atoms with Crippen molar-refractivity contribution in [3.8, 4) is 0 Å². The van der Waals surface area contributed by atoms with Crippen LogP contribution >= 0.6 is 0 Å². The molecule has 697 valence electrons. The van der Waals surface area contributed by atoms with Crippen LogP contribution in [0.5, 0.6) is 0 Å². The third-order valence-corrected chi connectivity index (χ3v) is 20.6. The van der Waals surface area contributed by atoms with Crippen molar-refractivity contribution in [2.45, 2.75) is 0 Å². The number of carbonyl (C=O) groups excluding carboxylic acids is 4. The molecule has 16 rings (SSSR count). The Hall–Kier alpha value is -17.2. The first-order chi connectivity index (χ1) is 64.7. The second-order valence-electron chi connectivity index (χ2n) is 28.7. The van der Waals surface area contributed by atoms with Crippen LogP contribution in [0.4, 0.5) is 93.0 Å². The molecule has 1 radical (unpaired) electrons. The Morgan fingerprint density at radius 1 is 0.241 bits per heavy atom. The van der Waals surface area contributed by atoms with E-state index in [-0.39, 0.29) is 136 Å². The third-order valence-electron chi connectivity index (χ3n) is 20.6. The van der Waals surface area contributed by atoms with Gasteiger partial charge in [0.05, 0.1) is 46.6 Å². The molecule has 0 saturated heterocycles. The van der Waals surface area contributed by atoms with Gasteiger partial charge in [-0.15, -0.1) is 0 Å². The summed E-state index contributed by atoms with van der Waals surface area (Å²) in [6.07, 6.45) is 9.97. The fourth-order valence-corrected chi connectivity index (χ4v) is 15.1. The number of anilines is 4. The molecule has 0 aliphatic carbocycles. The van der Waals surface area contributed by atoms with Gasteiger partial charge in [-0.1, -0.05) is 24.3 Å². The molecular weight excluding hydrogens is 2020 g/mol. The number of aliphatic carboxylic acids is 4. The Bertz CT molecular complexity index is 6460. The minimum absolute atomic E-state index is 0. The Morgan fingerprint density at radius 3 is 0.533 bits per heavy atom. The Morgan fingerprint density at radius 2 is 0.394 bits per heavy atom. The van der Waals surface area contributed by atoms with Gasteiger partial charge in [0.1, 0.15) is 139 Å². The van der Waals surface area contributed by atoms with Crippen molar-refractivity contribution in [1.29, 1.82) is 0 Å². The van der Waals surface area contributed by atoms with E-state index in [0.29, 0.717) is 48.5 Å². The SMILES string of the molecule is O=C(O)C1=C(c2ccc(F)cc2F)C(c2ccc(F)cc2F)=CCN1c1cccnc1C(=O)[O-].O=C(O)C1=C(c2ccc(F)cc2F)C(c2ccc(F)cc2F)=CCN1c1cccnc1C(=O)[O-].O=C(O)C1=C(c2ccc(F)cc2F)C(c2ccc(F)cc2F)=CCN1c1cccnc1C(=O)[O-].O=C(O)C1=C(c2ccc(F)cc2F)C(c2ccc(F)cc2F)=CCN1c1cccnc1C(=O)[O-].[Ir]. The number of halogens is 16. The third kappa shape index (κ3) is 20.8. The van der Waals surface area contributed by atoms with Crippen LogP contribution in [-0.4, -0.2) is 114 Å². The van der Waals surface area contributed by atoms with E-state index < -0.39 is 209 Å². The van der Waals surface area contributed by atoms with E-state index in [1.54, 1.807) is 0 Å². The zero-order valence-corrected chi connectivity index (χ0v) is 71.0. The van der Waals surface area contributed by atoms with Gasteiger partial charge in [0, 0.05) is 186 Å². The number of nitrogens with zero attached hydrogens (tertiary/aromatic N) is 8. The monoisotopic (exact) mass is 2070 g/mol. The van der Waals surface area contributed by atoms with E-state index >= 15 is 0 Å². The number of allylic oxidation sites excluding steroid dienone is 8. The summed E-state index contributed by atoms with van der Waals surface area (Å²) in [5.74, 6) is -29.2. The average molecular weight is 2070 g/mol. The van der Waals surface area contributed by atoms with E-state index in [0.717, 1.165) is 117 Å². The molecule has 8 heterocycles. The number of aromatic nitrogens is 4. The van der Waals surface area contributed by atoms with Gasteiger partial charge >= 0.3 is 23.9 Å². The molecular formula is C96H52F16IrN8O16-4. The molecule has 0 bridgehead atoms. The molecule has 0 unspecified atom stereocenters. The molecule has 137 heavy (non-hydrogen) atoms. The van der Waals surface area contributed by atoms with Crippen LogP contribution in [0.3, 0.4) is 0 Å². The van der Waals surface area contributed by atoms with Crippen molar-refractivity contribution in [2.24, 2.45) is 0 Å². The van der Waals surface area contributed by atoms with Crippen molar-refractivity contribution in [3.63, 3.8) is 0 Å². The molecule has 0 spiro atoms. The molecule has 4 aliphatic rings. The molecule has 4 aromatic heterocycles. The maximum absolute atomic E-state index is 14.9. The summed E-state index contributed by atoms with van der Waals surface area (Å²) in [6, 6.07) is 30.4. The second kappa shape index (κ2) is 41.7. The standard InChI is InChI=1S/4C24H14F4N2O4.Ir/c4*25-12-3-5-14(17(27)10-12)15-7-9-30(19-2-1-8-29-21(19)23(31)32)22(24(33)34)20(15)16-6-4-13(26)11-18(16)28;/h4*1-8,10-11H,9H2,(H,31,32)(H,33,34);/p-4. The molecule has 0 atom stereocenters. The number of aromatic carboxylic acids is 4. The van der Waals surface area contributed by atoms with Crippen molar-refractivity contribution in [1.82, 2.24) is 19.9 Å². The smallest absolute Gasteiger partial charge is 0.353 e. The van der Waals surface area contributed by atoms with Gasteiger partial charge in [0.15, 0.2) is 0 Å². The number of carboxylic acid groups (broad SMARTS) is 8. The topological polar surface area (TPSA) is 374 Å². The van der Waals surface area contributed by atoms with Crippen LogP contribution in [0.15, 0.2) is 266 Å². The molecule has 41 heteroatoms. The maximum atomic E-state index is 14.9. The number of hydrogen-bond acceptors (Lipinski definition) is 20. The zero-order valence-electron chi connectivity index (χ0n) is 68.6. The molecule has 0 fully saturated rings. The van der Waals surface area contributed by atoms with Crippen LogP contribution in [0, 0.1) is 93.1 Å². The van der Waals surface area contributed by atoms with Gasteiger partial charge < -0.3 is 79.6 Å². The van der Waals surface area contributed by atoms with Crippen LogP contribution < -0.4 is 40.0 Å². The normalized spacial score (nSPS) is 13.5. The van der Waals surface area contributed by atoms with Crippen molar-refractivity contribution < 1.29 is 170 Å². The van der Waals surface area contributed by atoms with Gasteiger partial charge in [-0.3, -0.25) is 19.9 Å². The first-order valence-electron chi connectivity index (χ1n) is 38.9. The molecule has 12 aromatic rings. The first-order valence-corrected chi connectivity index (χ1v) is 38.9. The largest absolute Gasteiger partial charge is 0.543 e. The number of carbonyl (C=O) groups is 8. The fraction of sp³-hybridized carbons (Fsp3) is 0.0417. The molecule has 0 saturated carbocycles. The van der Waals surface area contributed by atoms with Gasteiger partial charge in [-0.05, 0) is 168 Å². The van der Waals surface area contributed by atoms with Crippen LogP contribution in [0.2, 0.25) is 0 Å². The number of pyridine rings is 4. The van der Waals surface area contributed by atoms with Crippen LogP contribution in [0.25, 0.3) is 44.6 Å². The summed E-state index contributed by atoms with van der Waals surface area (Å²) in [5, 5.41) is 86.7. The quantitative estimate of drug-likeness (QED) is 0.0515. The van der Waals surface area contributed by atoms with E-state index in [1.807, 2.05) is 0 Å². The summed E-state index contributed by atoms with van der Waals surface area (Å²) in [5.41, 5.74) is -9.85. The van der Waals surface area contributed by atoms with Gasteiger partial charge in [-0.2, -0.15) is 0 Å². The van der Waals surface area contributed by atoms with Crippen molar-refractivity contribution in [2.75, 3.05) is 45.8 Å². The van der Waals surface area contributed by atoms with E-state index in [2.05, 4.69) is 19.9 Å². The predicted octanol–water partition coefficient (Wildman–Crippen LogP) is 13.6. The van der Waals surface area contributed by atoms with Crippen molar-refractivity contribution in [3.05, 3.63) is 426 Å². The van der Waals surface area contributed by atoms with Gasteiger partial charge in [0.2, 0.25) is 0 Å². The van der Waals surface area contributed by atoms with E-state index in [9.17, 15) is 149 Å². The average Bonchev–Trinajstić information content (AvgIpc) is 0.760. The number of hydrogen-bond donors (Lipinski definition) is 4. The molecule has 24 nitrogen and oxygen atoms in total. The van der Waals surface area contributed by atoms with Gasteiger partial charge in [-0.25, -0.2) is 89.4 Å². The van der Waals surface area contributed by atoms with Crippen LogP contribution in [0.1, 0.15) is 86.5 Å². The first kappa shape index (κ1) is 98.8. The zero-order chi connectivity index (χ0) is 98.3. The summed E-state index contributed by atoms with van der Waals surface area (Å²) >= 11 is 0. The fourth-order valence-electron chi connectivity index (χ4n) is 15.1. The summed E-state index contributed by atoms with van der Waals surface area (Å²) in [6.45, 7) is -1.14. The molecule has 4 N–H and O–H groups in total. The minimum atomic E-state index is -1.69. The number of benzene rings is 8. The second-order valence-corrected chi connectivity index (χ2v) is 28.7. The summed E-state index contributed by atoms with van der Waals surface area (Å²) in [4.78, 5) is 115. The Balaban J connectivity index is 0.000000164. The van der Waals surface area contributed by atoms with E-state index in [1.165, 1.54) is 97.6 Å². The van der Waals surface area contributed by atoms with Gasteiger partial charge in [0.25, 0.3) is 0 Å². The summed E-state index contributed by atoms with van der Waals surface area (Å²) < 4.78 is 227. The maximum Gasteiger partial charge on any atom is 0.353 e. The minimum Gasteiger partial charge on any atom is -0.543 e. The molecule has 0 amide bonds. The van der Waals surface area contributed by atoms with Crippen LogP contribution in [-0.2, 0) is 39.3 Å². The van der Waals surface area contributed by atoms with Crippen molar-refractivity contribution >= 4 is 115 Å². The number of rotatable bonds is 20. The summed E-state index contributed by atoms with van der Waals surface area (Å²) in [7, 11) is 0. The predicted molar refractivity (Wildman–Crippen MR) is 445 cm³/mol. The Kier molecular flexibility index (Phi) is 30.1. The Labute approximate surface area is 772 Å². The molecule has 4 aliphatic heterocycles. The molecule has 8 aromatic carbocycles. The van der Waals surface area contributed by atoms with E-state index in [4.69, 9.17) is 0 Å². The number of carboxylic acids is 8.